The molecule has 5 nitrogen and oxygen atoms in total. The molecule has 2 unspecified atom stereocenters. The van der Waals surface area contributed by atoms with Gasteiger partial charge in [0.1, 0.15) is 6.10 Å². The Hall–Kier alpha value is -1.89. The molecule has 2 atom stereocenters. The average molecular weight is 420 g/mol. The molecule has 1 saturated heterocycles. The minimum atomic E-state index is -1.16. The van der Waals surface area contributed by atoms with E-state index in [1.54, 1.807) is 18.3 Å². The Kier molecular flexibility index (Phi) is 6.75. The molecule has 0 spiro atoms. The fourth-order valence-electron chi connectivity index (χ4n) is 3.79. The predicted octanol–water partition coefficient (Wildman–Crippen LogP) is 3.43. The van der Waals surface area contributed by atoms with Gasteiger partial charge in [0.2, 0.25) is 0 Å². The normalized spacial score (nSPS) is 17.1. The van der Waals surface area contributed by atoms with E-state index >= 15 is 0 Å². The lowest BCUT2D eigenvalue weighted by Crippen LogP contribution is -2.49. The van der Waals surface area contributed by atoms with Crippen molar-refractivity contribution in [2.45, 2.75) is 12.1 Å². The number of Topliss-reactive ketones (excluding diaryl/α,β-unsaturated/α-hetero) is 1. The molecule has 2 heterocycles. The second kappa shape index (κ2) is 9.07. The van der Waals surface area contributed by atoms with Gasteiger partial charge in [0.25, 0.3) is 0 Å². The van der Waals surface area contributed by atoms with Crippen LogP contribution in [0.1, 0.15) is 22.0 Å². The molecule has 148 valence electrons. The van der Waals surface area contributed by atoms with Crippen LogP contribution in [-0.2, 0) is 0 Å². The Morgan fingerprint density at radius 1 is 1.07 bits per heavy atom. The first kappa shape index (κ1) is 20.8. The van der Waals surface area contributed by atoms with Crippen LogP contribution < -0.4 is 5.32 Å². The van der Waals surface area contributed by atoms with E-state index in [4.69, 9.17) is 11.6 Å². The Labute approximate surface area is 175 Å². The number of nitrogens with zero attached hydrogens (tertiary/aromatic N) is 1. The van der Waals surface area contributed by atoms with Gasteiger partial charge in [0, 0.05) is 53.9 Å². The third-order valence-corrected chi connectivity index (χ3v) is 5.43. The van der Waals surface area contributed by atoms with Crippen molar-refractivity contribution in [3.05, 3.63) is 70.9 Å². The van der Waals surface area contributed by atoms with Crippen LogP contribution in [0.2, 0.25) is 5.02 Å². The summed E-state index contributed by atoms with van der Waals surface area (Å²) in [6.07, 6.45) is 0.524. The van der Waals surface area contributed by atoms with Crippen LogP contribution in [0, 0.1) is 0 Å². The molecule has 0 aliphatic carbocycles. The second-order valence-corrected chi connectivity index (χ2v) is 7.28. The smallest absolute Gasteiger partial charge is 0.195 e. The summed E-state index contributed by atoms with van der Waals surface area (Å²) >= 11 is 6.03. The van der Waals surface area contributed by atoms with E-state index in [0.29, 0.717) is 10.6 Å². The third-order valence-electron chi connectivity index (χ3n) is 5.18. The van der Waals surface area contributed by atoms with Gasteiger partial charge in [-0.3, -0.25) is 9.69 Å². The van der Waals surface area contributed by atoms with Crippen molar-refractivity contribution in [2.24, 2.45) is 0 Å². The summed E-state index contributed by atoms with van der Waals surface area (Å²) in [7, 11) is 0. The molecule has 0 bridgehead atoms. The second-order valence-electron chi connectivity index (χ2n) is 6.84. The summed E-state index contributed by atoms with van der Waals surface area (Å²) in [6, 6.07) is 14.6. The van der Waals surface area contributed by atoms with Gasteiger partial charge in [0.05, 0.1) is 6.04 Å². The zero-order valence-electron chi connectivity index (χ0n) is 15.3. The molecule has 1 aromatic heterocycles. The molecule has 7 heteroatoms. The summed E-state index contributed by atoms with van der Waals surface area (Å²) in [4.78, 5) is 18.5. The summed E-state index contributed by atoms with van der Waals surface area (Å²) in [5, 5.41) is 15.9. The molecule has 0 radical (unpaired) electrons. The number of rotatable bonds is 5. The van der Waals surface area contributed by atoms with Crippen molar-refractivity contribution in [1.29, 1.82) is 0 Å². The number of halogens is 2. The SMILES string of the molecule is Cl.O=C(c1c[nH]c2ccccc12)C(O)C(c1ccc(Cl)cc1)N1CCNCC1. The number of aliphatic hydroxyl groups is 1. The minimum Gasteiger partial charge on any atom is -0.383 e. The molecule has 4 rings (SSSR count). The molecule has 0 amide bonds. The van der Waals surface area contributed by atoms with Gasteiger partial charge in [0.15, 0.2) is 5.78 Å². The topological polar surface area (TPSA) is 68.4 Å². The van der Waals surface area contributed by atoms with Gasteiger partial charge >= 0.3 is 0 Å². The van der Waals surface area contributed by atoms with Crippen molar-refractivity contribution in [1.82, 2.24) is 15.2 Å². The number of para-hydroxylation sites is 1. The number of piperazine rings is 1. The molecule has 1 aliphatic heterocycles. The number of hydrogen-bond donors (Lipinski definition) is 3. The quantitative estimate of drug-likeness (QED) is 0.554. The zero-order valence-corrected chi connectivity index (χ0v) is 16.8. The highest BCUT2D eigenvalue weighted by molar-refractivity contribution is 6.30. The first-order chi connectivity index (χ1) is 13.1. The fraction of sp³-hybridized carbons (Fsp3) is 0.286. The van der Waals surface area contributed by atoms with Crippen molar-refractivity contribution in [3.63, 3.8) is 0 Å². The molecule has 3 N–H and O–H groups in total. The van der Waals surface area contributed by atoms with Gasteiger partial charge in [-0.05, 0) is 23.8 Å². The third kappa shape index (κ3) is 4.09. The standard InChI is InChI=1S/C21H22ClN3O2.ClH/c22-15-7-5-14(6-8-15)19(25-11-9-23-10-12-25)21(27)20(26)17-13-24-18-4-2-1-3-16(17)18;/h1-8,13,19,21,23-24,27H,9-12H2;1H. The number of aliphatic hydroxyl groups excluding tert-OH is 1. The van der Waals surface area contributed by atoms with Gasteiger partial charge in [-0.1, -0.05) is 41.9 Å². The summed E-state index contributed by atoms with van der Waals surface area (Å²) in [5.74, 6) is -0.272. The Morgan fingerprint density at radius 2 is 1.75 bits per heavy atom. The van der Waals surface area contributed by atoms with Crippen molar-refractivity contribution < 1.29 is 9.90 Å². The number of carbonyl (C=O) groups is 1. The summed E-state index contributed by atoms with van der Waals surface area (Å²) < 4.78 is 0. The van der Waals surface area contributed by atoms with E-state index in [1.807, 2.05) is 36.4 Å². The van der Waals surface area contributed by atoms with Gasteiger partial charge in [-0.15, -0.1) is 12.4 Å². The van der Waals surface area contributed by atoms with Crippen LogP contribution in [0.15, 0.2) is 54.7 Å². The van der Waals surface area contributed by atoms with Crippen LogP contribution in [-0.4, -0.2) is 53.1 Å². The van der Waals surface area contributed by atoms with Crippen LogP contribution in [0.25, 0.3) is 10.9 Å². The number of nitrogens with one attached hydrogen (secondary N) is 2. The van der Waals surface area contributed by atoms with E-state index in [0.717, 1.165) is 42.6 Å². The molecule has 1 aliphatic rings. The lowest BCUT2D eigenvalue weighted by Gasteiger charge is -2.37. The number of hydrogen-bond acceptors (Lipinski definition) is 4. The van der Waals surface area contributed by atoms with Gasteiger partial charge in [-0.25, -0.2) is 0 Å². The Morgan fingerprint density at radius 3 is 2.46 bits per heavy atom. The molecule has 28 heavy (non-hydrogen) atoms. The van der Waals surface area contributed by atoms with Crippen molar-refractivity contribution in [2.75, 3.05) is 26.2 Å². The fourth-order valence-corrected chi connectivity index (χ4v) is 3.92. The number of aromatic nitrogens is 1. The first-order valence-corrected chi connectivity index (χ1v) is 9.51. The van der Waals surface area contributed by atoms with E-state index in [1.165, 1.54) is 0 Å². The average Bonchev–Trinajstić information content (AvgIpc) is 3.14. The molecule has 0 saturated carbocycles. The molecule has 1 fully saturated rings. The van der Waals surface area contributed by atoms with E-state index in [2.05, 4.69) is 15.2 Å². The van der Waals surface area contributed by atoms with E-state index in [9.17, 15) is 9.90 Å². The van der Waals surface area contributed by atoms with Gasteiger partial charge < -0.3 is 15.4 Å². The van der Waals surface area contributed by atoms with Crippen LogP contribution >= 0.6 is 24.0 Å². The number of ketones is 1. The monoisotopic (exact) mass is 419 g/mol. The summed E-state index contributed by atoms with van der Waals surface area (Å²) in [6.45, 7) is 3.20. The maximum atomic E-state index is 13.2. The number of H-pyrrole nitrogens is 1. The lowest BCUT2D eigenvalue weighted by atomic mass is 9.93. The number of aromatic amines is 1. The Bertz CT molecular complexity index is 936. The highest BCUT2D eigenvalue weighted by Crippen LogP contribution is 2.30. The maximum absolute atomic E-state index is 13.2. The lowest BCUT2D eigenvalue weighted by molar-refractivity contribution is 0.0346. The largest absolute Gasteiger partial charge is 0.383 e. The molecule has 2 aromatic carbocycles. The summed E-state index contributed by atoms with van der Waals surface area (Å²) in [5.41, 5.74) is 2.30. The molecular weight excluding hydrogens is 397 g/mol. The number of benzene rings is 2. The first-order valence-electron chi connectivity index (χ1n) is 9.14. The predicted molar refractivity (Wildman–Crippen MR) is 115 cm³/mol. The van der Waals surface area contributed by atoms with E-state index < -0.39 is 12.1 Å². The van der Waals surface area contributed by atoms with E-state index in [-0.39, 0.29) is 18.2 Å². The van der Waals surface area contributed by atoms with Gasteiger partial charge in [-0.2, -0.15) is 0 Å². The highest BCUT2D eigenvalue weighted by atomic mass is 35.5. The zero-order chi connectivity index (χ0) is 18.8. The van der Waals surface area contributed by atoms with Crippen LogP contribution in [0.3, 0.4) is 0 Å². The highest BCUT2D eigenvalue weighted by Gasteiger charge is 2.34. The number of carbonyl (C=O) groups excluding carboxylic acids is 1. The maximum Gasteiger partial charge on any atom is 0.195 e. The van der Waals surface area contributed by atoms with Crippen molar-refractivity contribution >= 4 is 40.7 Å². The van der Waals surface area contributed by atoms with Crippen molar-refractivity contribution in [3.8, 4) is 0 Å². The Balaban J connectivity index is 0.00000225. The minimum absolute atomic E-state index is 0. The van der Waals surface area contributed by atoms with Crippen LogP contribution in [0.5, 0.6) is 0 Å². The molecule has 3 aromatic rings. The van der Waals surface area contributed by atoms with Crippen LogP contribution in [0.4, 0.5) is 0 Å². The number of fused-ring (bicyclic) bond motifs is 1. The molecular formula is C21H23Cl2N3O2.